The SMILES string of the molecule is C[C@H](CCC(=O)O)[C@H]1CC[C@H]2C3=C(C(=O)C[C@]12C)[C@@]1(C)CC[C@@H](O)C[C@H]1CC3. The number of carboxylic acid groups (broad SMARTS) is 1. The molecule has 156 valence electrons. The third kappa shape index (κ3) is 2.98. The van der Waals surface area contributed by atoms with Gasteiger partial charge in [0.2, 0.25) is 0 Å². The van der Waals surface area contributed by atoms with Gasteiger partial charge in [-0.1, -0.05) is 26.3 Å². The number of allylic oxidation sites excluding steroid dienone is 2. The minimum Gasteiger partial charge on any atom is -0.481 e. The average molecular weight is 389 g/mol. The number of carboxylic acids is 1. The van der Waals surface area contributed by atoms with Gasteiger partial charge in [0, 0.05) is 18.4 Å². The topological polar surface area (TPSA) is 74.6 Å². The maximum Gasteiger partial charge on any atom is 0.303 e. The van der Waals surface area contributed by atoms with E-state index in [1.54, 1.807) is 0 Å². The minimum absolute atomic E-state index is 0.00872. The Kier molecular flexibility index (Phi) is 5.01. The van der Waals surface area contributed by atoms with Crippen LogP contribution in [-0.2, 0) is 9.59 Å². The highest BCUT2D eigenvalue weighted by atomic mass is 16.4. The van der Waals surface area contributed by atoms with E-state index in [4.69, 9.17) is 5.11 Å². The lowest BCUT2D eigenvalue weighted by Gasteiger charge is -2.54. The van der Waals surface area contributed by atoms with Gasteiger partial charge in [-0.3, -0.25) is 9.59 Å². The maximum atomic E-state index is 13.5. The second-order valence-corrected chi connectivity index (χ2v) is 10.7. The molecule has 0 spiro atoms. The molecule has 0 aromatic rings. The van der Waals surface area contributed by atoms with E-state index in [1.165, 1.54) is 5.57 Å². The highest BCUT2D eigenvalue weighted by Gasteiger charge is 2.58. The van der Waals surface area contributed by atoms with E-state index in [0.717, 1.165) is 50.5 Å². The number of hydrogen-bond acceptors (Lipinski definition) is 3. The molecular weight excluding hydrogens is 352 g/mol. The van der Waals surface area contributed by atoms with Crippen LogP contribution in [0.2, 0.25) is 0 Å². The van der Waals surface area contributed by atoms with Gasteiger partial charge in [-0.2, -0.15) is 0 Å². The predicted octanol–water partition coefficient (Wildman–Crippen LogP) is 4.75. The highest BCUT2D eigenvalue weighted by Crippen LogP contribution is 2.65. The number of carbonyl (C=O) groups excluding carboxylic acids is 1. The lowest BCUT2D eigenvalue weighted by atomic mass is 9.50. The Balaban J connectivity index is 1.64. The van der Waals surface area contributed by atoms with Crippen LogP contribution in [0.25, 0.3) is 0 Å². The van der Waals surface area contributed by atoms with Crippen molar-refractivity contribution in [2.45, 2.75) is 91.1 Å². The summed E-state index contributed by atoms with van der Waals surface area (Å²) in [5, 5.41) is 19.2. The zero-order valence-corrected chi connectivity index (χ0v) is 17.7. The first-order valence-electron chi connectivity index (χ1n) is 11.3. The molecule has 0 heterocycles. The van der Waals surface area contributed by atoms with Gasteiger partial charge in [0.05, 0.1) is 6.10 Å². The summed E-state index contributed by atoms with van der Waals surface area (Å²) in [5.41, 5.74) is 2.54. The second-order valence-electron chi connectivity index (χ2n) is 10.7. The normalized spacial score (nSPS) is 43.9. The molecule has 4 rings (SSSR count). The number of carbonyl (C=O) groups is 2. The van der Waals surface area contributed by atoms with Crippen molar-refractivity contribution in [3.05, 3.63) is 11.1 Å². The van der Waals surface area contributed by atoms with Crippen LogP contribution >= 0.6 is 0 Å². The van der Waals surface area contributed by atoms with Gasteiger partial charge < -0.3 is 10.2 Å². The van der Waals surface area contributed by atoms with Crippen molar-refractivity contribution in [2.75, 3.05) is 0 Å². The summed E-state index contributed by atoms with van der Waals surface area (Å²) in [6, 6.07) is 0. The Labute approximate surface area is 168 Å². The van der Waals surface area contributed by atoms with Gasteiger partial charge in [0.25, 0.3) is 0 Å². The first kappa shape index (κ1) is 20.1. The summed E-state index contributed by atoms with van der Waals surface area (Å²) in [6.07, 6.45) is 8.34. The van der Waals surface area contributed by atoms with Crippen molar-refractivity contribution in [1.29, 1.82) is 0 Å². The molecule has 0 aromatic heterocycles. The molecule has 0 saturated heterocycles. The quantitative estimate of drug-likeness (QED) is 0.729. The Morgan fingerprint density at radius 3 is 2.68 bits per heavy atom. The Hall–Kier alpha value is -1.16. The van der Waals surface area contributed by atoms with Crippen LogP contribution in [0.5, 0.6) is 0 Å². The molecule has 0 unspecified atom stereocenters. The summed E-state index contributed by atoms with van der Waals surface area (Å²) in [6.45, 7) is 6.80. The van der Waals surface area contributed by atoms with Crippen molar-refractivity contribution in [3.8, 4) is 0 Å². The molecule has 0 aliphatic heterocycles. The Bertz CT molecular complexity index is 709. The Morgan fingerprint density at radius 2 is 1.96 bits per heavy atom. The van der Waals surface area contributed by atoms with Crippen molar-refractivity contribution < 1.29 is 19.8 Å². The van der Waals surface area contributed by atoms with Crippen LogP contribution in [0.1, 0.15) is 85.0 Å². The molecule has 0 radical (unpaired) electrons. The van der Waals surface area contributed by atoms with Crippen LogP contribution in [0.4, 0.5) is 0 Å². The van der Waals surface area contributed by atoms with Crippen LogP contribution < -0.4 is 0 Å². The monoisotopic (exact) mass is 388 g/mol. The summed E-state index contributed by atoms with van der Waals surface area (Å²) in [4.78, 5) is 24.6. The second kappa shape index (κ2) is 6.97. The smallest absolute Gasteiger partial charge is 0.303 e. The summed E-state index contributed by atoms with van der Waals surface area (Å²) in [5.74, 6) is 1.35. The van der Waals surface area contributed by atoms with E-state index in [-0.39, 0.29) is 23.4 Å². The zero-order chi connectivity index (χ0) is 20.3. The third-order valence-electron chi connectivity index (χ3n) is 9.26. The van der Waals surface area contributed by atoms with Crippen LogP contribution in [0.3, 0.4) is 0 Å². The molecule has 4 aliphatic carbocycles. The third-order valence-corrected chi connectivity index (χ3v) is 9.26. The van der Waals surface area contributed by atoms with Gasteiger partial charge in [-0.05, 0) is 85.9 Å². The fourth-order valence-corrected chi connectivity index (χ4v) is 7.82. The molecule has 2 fully saturated rings. The molecule has 2 saturated carbocycles. The molecule has 0 bridgehead atoms. The zero-order valence-electron chi connectivity index (χ0n) is 17.7. The molecule has 2 N–H and O–H groups in total. The van der Waals surface area contributed by atoms with Gasteiger partial charge in [-0.25, -0.2) is 0 Å². The number of rotatable bonds is 4. The fourth-order valence-electron chi connectivity index (χ4n) is 7.82. The van der Waals surface area contributed by atoms with E-state index in [9.17, 15) is 14.7 Å². The van der Waals surface area contributed by atoms with Gasteiger partial charge in [0.15, 0.2) is 5.78 Å². The first-order chi connectivity index (χ1) is 13.2. The van der Waals surface area contributed by atoms with Crippen molar-refractivity contribution in [3.63, 3.8) is 0 Å². The lowest BCUT2D eigenvalue weighted by molar-refractivity contribution is -0.137. The summed E-state index contributed by atoms with van der Waals surface area (Å²) >= 11 is 0. The number of aliphatic carboxylic acids is 1. The number of aliphatic hydroxyl groups is 1. The van der Waals surface area contributed by atoms with E-state index in [0.29, 0.717) is 42.3 Å². The number of aliphatic hydroxyl groups excluding tert-OH is 1. The minimum atomic E-state index is -0.720. The standard InChI is InChI=1S/C24H36O4/c1-14(4-9-21(27)28)18-7-8-19-17-6-5-15-12-16(25)10-11-23(15,2)22(17)20(26)13-24(18,19)3/h14-16,18-19,25H,4-13H2,1-3H3,(H,27,28)/t14-,15-,16-,18-,19+,23+,24-/m1/s1. The van der Waals surface area contributed by atoms with Crippen LogP contribution in [-0.4, -0.2) is 28.1 Å². The van der Waals surface area contributed by atoms with Crippen LogP contribution in [0, 0.1) is 34.5 Å². The average Bonchev–Trinajstić information content (AvgIpc) is 2.96. The van der Waals surface area contributed by atoms with Crippen molar-refractivity contribution >= 4 is 11.8 Å². The number of Topliss-reactive ketones (excluding diaryl/α,β-unsaturated/α-hetero) is 1. The number of fused-ring (bicyclic) bond motifs is 4. The molecular formula is C24H36O4. The largest absolute Gasteiger partial charge is 0.481 e. The van der Waals surface area contributed by atoms with Crippen molar-refractivity contribution in [1.82, 2.24) is 0 Å². The lowest BCUT2D eigenvalue weighted by Crippen LogP contribution is -2.48. The fraction of sp³-hybridized carbons (Fsp3) is 0.833. The molecule has 4 heteroatoms. The summed E-state index contributed by atoms with van der Waals surface area (Å²) in [7, 11) is 0. The van der Waals surface area contributed by atoms with Crippen LogP contribution in [0.15, 0.2) is 11.1 Å². The van der Waals surface area contributed by atoms with Gasteiger partial charge in [-0.15, -0.1) is 0 Å². The van der Waals surface area contributed by atoms with Gasteiger partial charge in [0.1, 0.15) is 0 Å². The van der Waals surface area contributed by atoms with E-state index in [2.05, 4.69) is 20.8 Å². The highest BCUT2D eigenvalue weighted by molar-refractivity contribution is 5.99. The van der Waals surface area contributed by atoms with E-state index in [1.807, 2.05) is 0 Å². The molecule has 0 amide bonds. The Morgan fingerprint density at radius 1 is 1.21 bits per heavy atom. The number of hydrogen-bond donors (Lipinski definition) is 2. The molecule has 7 atom stereocenters. The first-order valence-corrected chi connectivity index (χ1v) is 11.3. The molecule has 4 aliphatic rings. The summed E-state index contributed by atoms with van der Waals surface area (Å²) < 4.78 is 0. The van der Waals surface area contributed by atoms with Crippen molar-refractivity contribution in [2.24, 2.45) is 34.5 Å². The van der Waals surface area contributed by atoms with Gasteiger partial charge >= 0.3 is 5.97 Å². The molecule has 28 heavy (non-hydrogen) atoms. The van der Waals surface area contributed by atoms with E-state index < -0.39 is 5.97 Å². The van der Waals surface area contributed by atoms with E-state index >= 15 is 0 Å². The predicted molar refractivity (Wildman–Crippen MR) is 108 cm³/mol. The maximum absolute atomic E-state index is 13.5. The molecule has 0 aromatic carbocycles. The number of ketones is 1. The molecule has 4 nitrogen and oxygen atoms in total.